The number of hydrogen-bond donors (Lipinski definition) is 2. The summed E-state index contributed by atoms with van der Waals surface area (Å²) in [5, 5.41) is 12.9. The highest BCUT2D eigenvalue weighted by Crippen LogP contribution is 2.28. The first kappa shape index (κ1) is 13.4. The largest absolute Gasteiger partial charge is 0.504 e. The molecule has 1 rings (SSSR count). The minimum absolute atomic E-state index is 0.167. The monoisotopic (exact) mass is 233 g/mol. The van der Waals surface area contributed by atoms with Crippen molar-refractivity contribution in [3.63, 3.8) is 0 Å². The Kier molecular flexibility index (Phi) is 5.38. The van der Waals surface area contributed by atoms with Crippen LogP contribution < -0.4 is 10.1 Å². The quantitative estimate of drug-likeness (QED) is 0.606. The molecule has 0 heterocycles. The molecule has 0 bridgehead atoms. The van der Waals surface area contributed by atoms with Crippen molar-refractivity contribution in [2.75, 3.05) is 13.7 Å². The maximum atomic E-state index is 9.50. The van der Waals surface area contributed by atoms with Crippen LogP contribution in [0.3, 0.4) is 0 Å². The van der Waals surface area contributed by atoms with Crippen molar-refractivity contribution in [1.29, 1.82) is 0 Å². The molecular weight excluding hydrogens is 214 g/mol. The lowest BCUT2D eigenvalue weighted by Gasteiger charge is -2.14. The van der Waals surface area contributed by atoms with Gasteiger partial charge in [-0.3, -0.25) is 0 Å². The van der Waals surface area contributed by atoms with Gasteiger partial charge >= 0.3 is 0 Å². The Morgan fingerprint density at radius 1 is 1.47 bits per heavy atom. The Morgan fingerprint density at radius 3 is 2.88 bits per heavy atom. The van der Waals surface area contributed by atoms with Crippen LogP contribution in [0.2, 0.25) is 0 Å². The van der Waals surface area contributed by atoms with Crippen LogP contribution in [0.25, 0.3) is 0 Å². The van der Waals surface area contributed by atoms with E-state index in [9.17, 15) is 5.11 Å². The summed E-state index contributed by atoms with van der Waals surface area (Å²) in [7, 11) is 1.55. The average Bonchev–Trinajstić information content (AvgIpc) is 2.35. The lowest BCUT2D eigenvalue weighted by atomic mass is 10.1. The van der Waals surface area contributed by atoms with Crippen LogP contribution in [0.5, 0.6) is 11.5 Å². The molecular formula is C14H19NO2. The number of nitrogens with one attached hydrogen (secondary N) is 1. The number of phenolic OH excluding ortho intramolecular Hbond substituents is 1. The number of rotatable bonds is 5. The van der Waals surface area contributed by atoms with E-state index >= 15 is 0 Å². The molecule has 3 nitrogen and oxygen atoms in total. The van der Waals surface area contributed by atoms with Crippen LogP contribution in [-0.4, -0.2) is 18.8 Å². The number of methoxy groups -OCH3 is 1. The van der Waals surface area contributed by atoms with Crippen LogP contribution in [0.1, 0.15) is 31.9 Å². The van der Waals surface area contributed by atoms with Gasteiger partial charge < -0.3 is 15.2 Å². The van der Waals surface area contributed by atoms with Crippen molar-refractivity contribution >= 4 is 0 Å². The van der Waals surface area contributed by atoms with Gasteiger partial charge in [-0.15, -0.1) is 11.8 Å². The highest BCUT2D eigenvalue weighted by Gasteiger charge is 2.08. The second-order valence-electron chi connectivity index (χ2n) is 3.78. The van der Waals surface area contributed by atoms with E-state index < -0.39 is 0 Å². The van der Waals surface area contributed by atoms with E-state index in [1.54, 1.807) is 13.2 Å². The van der Waals surface area contributed by atoms with Gasteiger partial charge in [-0.05, 0) is 31.5 Å². The molecule has 0 saturated carbocycles. The second-order valence-corrected chi connectivity index (χ2v) is 3.78. The highest BCUT2D eigenvalue weighted by atomic mass is 16.5. The fraction of sp³-hybridized carbons (Fsp3) is 0.429. The van der Waals surface area contributed by atoms with Gasteiger partial charge in [-0.25, -0.2) is 0 Å². The summed E-state index contributed by atoms with van der Waals surface area (Å²) in [6.07, 6.45) is 0.843. The first-order chi connectivity index (χ1) is 8.19. The summed E-state index contributed by atoms with van der Waals surface area (Å²) >= 11 is 0. The molecule has 0 amide bonds. The third-order valence-corrected chi connectivity index (χ3v) is 2.58. The van der Waals surface area contributed by atoms with E-state index in [-0.39, 0.29) is 11.8 Å². The smallest absolute Gasteiger partial charge is 0.160 e. The van der Waals surface area contributed by atoms with Gasteiger partial charge in [0.15, 0.2) is 11.5 Å². The topological polar surface area (TPSA) is 41.5 Å². The van der Waals surface area contributed by atoms with Gasteiger partial charge in [0, 0.05) is 19.0 Å². The third-order valence-electron chi connectivity index (χ3n) is 2.58. The fourth-order valence-corrected chi connectivity index (χ4v) is 1.56. The van der Waals surface area contributed by atoms with Gasteiger partial charge in [-0.1, -0.05) is 6.07 Å². The summed E-state index contributed by atoms with van der Waals surface area (Å²) in [4.78, 5) is 0. The van der Waals surface area contributed by atoms with Crippen LogP contribution >= 0.6 is 0 Å². The third kappa shape index (κ3) is 4.01. The number of phenols is 1. The SMILES string of the molecule is CC#CCCNC(C)c1ccc(O)c(OC)c1. The Morgan fingerprint density at radius 2 is 2.24 bits per heavy atom. The van der Waals surface area contributed by atoms with E-state index in [1.165, 1.54) is 0 Å². The molecule has 3 heteroatoms. The molecule has 0 aliphatic rings. The van der Waals surface area contributed by atoms with Crippen LogP contribution in [-0.2, 0) is 0 Å². The van der Waals surface area contributed by atoms with E-state index in [0.717, 1.165) is 18.5 Å². The van der Waals surface area contributed by atoms with E-state index in [2.05, 4.69) is 24.1 Å². The molecule has 0 aliphatic carbocycles. The second kappa shape index (κ2) is 6.82. The molecule has 92 valence electrons. The van der Waals surface area contributed by atoms with E-state index in [1.807, 2.05) is 19.1 Å². The summed E-state index contributed by atoms with van der Waals surface area (Å²) in [6, 6.07) is 5.60. The zero-order valence-corrected chi connectivity index (χ0v) is 10.6. The van der Waals surface area contributed by atoms with Crippen LogP contribution in [0, 0.1) is 11.8 Å². The van der Waals surface area contributed by atoms with E-state index in [4.69, 9.17) is 4.74 Å². The molecule has 0 aromatic heterocycles. The van der Waals surface area contributed by atoms with Crippen molar-refractivity contribution in [1.82, 2.24) is 5.32 Å². The summed E-state index contributed by atoms with van der Waals surface area (Å²) in [5.74, 6) is 6.54. The van der Waals surface area contributed by atoms with Crippen LogP contribution in [0.4, 0.5) is 0 Å². The van der Waals surface area contributed by atoms with Gasteiger partial charge in [0.1, 0.15) is 0 Å². The van der Waals surface area contributed by atoms with E-state index in [0.29, 0.717) is 5.75 Å². The Bertz CT molecular complexity index is 418. The number of aromatic hydroxyl groups is 1. The minimum Gasteiger partial charge on any atom is -0.504 e. The van der Waals surface area contributed by atoms with Gasteiger partial charge in [0.05, 0.1) is 7.11 Å². The lowest BCUT2D eigenvalue weighted by molar-refractivity contribution is 0.372. The molecule has 0 radical (unpaired) electrons. The first-order valence-electron chi connectivity index (χ1n) is 5.69. The molecule has 1 atom stereocenters. The van der Waals surface area contributed by atoms with Gasteiger partial charge in [-0.2, -0.15) is 0 Å². The molecule has 0 saturated heterocycles. The maximum absolute atomic E-state index is 9.50. The molecule has 2 N–H and O–H groups in total. The zero-order chi connectivity index (χ0) is 12.7. The molecule has 0 fully saturated rings. The van der Waals surface area contributed by atoms with Crippen molar-refractivity contribution < 1.29 is 9.84 Å². The Labute approximate surface area is 103 Å². The lowest BCUT2D eigenvalue weighted by Crippen LogP contribution is -2.19. The maximum Gasteiger partial charge on any atom is 0.160 e. The van der Waals surface area contributed by atoms with Gasteiger partial charge in [0.2, 0.25) is 0 Å². The first-order valence-corrected chi connectivity index (χ1v) is 5.69. The molecule has 0 spiro atoms. The standard InChI is InChI=1S/C14H19NO2/c1-4-5-6-9-15-11(2)12-7-8-13(16)14(10-12)17-3/h7-8,10-11,15-16H,6,9H2,1-3H3. The average molecular weight is 233 g/mol. The predicted octanol–water partition coefficient (Wildman–Crippen LogP) is 2.46. The predicted molar refractivity (Wildman–Crippen MR) is 69.1 cm³/mol. The number of ether oxygens (including phenoxy) is 1. The summed E-state index contributed by atoms with van der Waals surface area (Å²) in [6.45, 7) is 4.77. The van der Waals surface area contributed by atoms with Crippen molar-refractivity contribution in [3.05, 3.63) is 23.8 Å². The Balaban J connectivity index is 2.61. The zero-order valence-electron chi connectivity index (χ0n) is 10.6. The molecule has 0 aliphatic heterocycles. The molecule has 1 aromatic rings. The number of hydrogen-bond acceptors (Lipinski definition) is 3. The summed E-state index contributed by atoms with van der Waals surface area (Å²) in [5.41, 5.74) is 1.09. The fourth-order valence-electron chi connectivity index (χ4n) is 1.56. The molecule has 1 unspecified atom stereocenters. The molecule has 17 heavy (non-hydrogen) atoms. The van der Waals surface area contributed by atoms with Crippen molar-refractivity contribution in [2.24, 2.45) is 0 Å². The van der Waals surface area contributed by atoms with Crippen molar-refractivity contribution in [2.45, 2.75) is 26.3 Å². The number of benzene rings is 1. The van der Waals surface area contributed by atoms with Gasteiger partial charge in [0.25, 0.3) is 0 Å². The molecule has 1 aromatic carbocycles. The van der Waals surface area contributed by atoms with Crippen LogP contribution in [0.15, 0.2) is 18.2 Å². The Hall–Kier alpha value is -1.66. The summed E-state index contributed by atoms with van der Waals surface area (Å²) < 4.78 is 5.08. The minimum atomic E-state index is 0.167. The normalized spacial score (nSPS) is 11.5. The highest BCUT2D eigenvalue weighted by molar-refractivity contribution is 5.42. The van der Waals surface area contributed by atoms with Crippen molar-refractivity contribution in [3.8, 4) is 23.3 Å².